The SMILES string of the molecule is [13CH3-].[CH3-].[CH3-].[CH3-].[Zr+4]. The molecule has 0 aromatic carbocycles. The van der Waals surface area contributed by atoms with Crippen molar-refractivity contribution in [2.75, 3.05) is 0 Å². The van der Waals surface area contributed by atoms with E-state index in [1.165, 1.54) is 0 Å². The second-order valence-corrected chi connectivity index (χ2v) is 0. The zero-order valence-electron chi connectivity index (χ0n) is 4.50. The van der Waals surface area contributed by atoms with Gasteiger partial charge < -0.3 is 29.7 Å². The third kappa shape index (κ3) is 52.0. The molecule has 0 heterocycles. The Morgan fingerprint density at radius 3 is 0.400 bits per heavy atom. The van der Waals surface area contributed by atoms with Crippen LogP contribution in [0.1, 0.15) is 0 Å². The molecule has 0 amide bonds. The van der Waals surface area contributed by atoms with Crippen LogP contribution in [0.2, 0.25) is 0 Å². The summed E-state index contributed by atoms with van der Waals surface area (Å²) < 4.78 is 0. The van der Waals surface area contributed by atoms with Crippen molar-refractivity contribution in [2.45, 2.75) is 0 Å². The minimum atomic E-state index is 0. The Labute approximate surface area is 56.1 Å². The molecule has 5 heavy (non-hydrogen) atoms. The average molecular weight is 152 g/mol. The summed E-state index contributed by atoms with van der Waals surface area (Å²) in [6.45, 7) is 0. The maximum atomic E-state index is 0. The van der Waals surface area contributed by atoms with Gasteiger partial charge in [0.2, 0.25) is 0 Å². The normalized spacial score (nSPS) is 0. The molecule has 0 spiro atoms. The zero-order valence-corrected chi connectivity index (χ0v) is 6.96. The van der Waals surface area contributed by atoms with Crippen LogP contribution >= 0.6 is 0 Å². The summed E-state index contributed by atoms with van der Waals surface area (Å²) in [5.41, 5.74) is 0. The van der Waals surface area contributed by atoms with Gasteiger partial charge in [0.05, 0.1) is 0 Å². The van der Waals surface area contributed by atoms with E-state index in [2.05, 4.69) is 0 Å². The minimum absolute atomic E-state index is 0. The third-order valence-corrected chi connectivity index (χ3v) is 0. The summed E-state index contributed by atoms with van der Waals surface area (Å²) in [6, 6.07) is 0. The molecule has 0 rings (SSSR count). The van der Waals surface area contributed by atoms with Crippen LogP contribution in [-0.4, -0.2) is 0 Å². The van der Waals surface area contributed by atoms with E-state index in [1.54, 1.807) is 0 Å². The minimum Gasteiger partial charge on any atom is -0.358 e. The molecule has 0 N–H and O–H groups in total. The van der Waals surface area contributed by atoms with Gasteiger partial charge in [-0.2, -0.15) is 0 Å². The van der Waals surface area contributed by atoms with Gasteiger partial charge in [0.15, 0.2) is 0 Å². The third-order valence-electron chi connectivity index (χ3n) is 0. The number of rotatable bonds is 0. The van der Waals surface area contributed by atoms with E-state index in [9.17, 15) is 0 Å². The van der Waals surface area contributed by atoms with Crippen LogP contribution in [0, 0.1) is 29.7 Å². The maximum absolute atomic E-state index is 0. The predicted molar refractivity (Wildman–Crippen MR) is 25.7 cm³/mol. The van der Waals surface area contributed by atoms with Crippen molar-refractivity contribution in [3.8, 4) is 0 Å². The molecular weight excluding hydrogens is 140 g/mol. The van der Waals surface area contributed by atoms with Gasteiger partial charge in [-0.25, -0.2) is 0 Å². The Bertz CT molecular complexity index is 3.61. The maximum Gasteiger partial charge on any atom is 4.00 e. The van der Waals surface area contributed by atoms with Gasteiger partial charge in [-0.15, -0.1) is 0 Å². The van der Waals surface area contributed by atoms with Crippen molar-refractivity contribution in [1.29, 1.82) is 0 Å². The van der Waals surface area contributed by atoms with Crippen molar-refractivity contribution in [3.63, 3.8) is 0 Å². The topological polar surface area (TPSA) is 0 Å². The molecule has 0 aliphatic rings. The van der Waals surface area contributed by atoms with Crippen LogP contribution in [0.15, 0.2) is 0 Å². The fourth-order valence-corrected chi connectivity index (χ4v) is 0. The van der Waals surface area contributed by atoms with E-state index in [1.807, 2.05) is 0 Å². The summed E-state index contributed by atoms with van der Waals surface area (Å²) in [6.07, 6.45) is 0. The molecule has 0 unspecified atom stereocenters. The summed E-state index contributed by atoms with van der Waals surface area (Å²) >= 11 is 0. The molecule has 0 aliphatic carbocycles. The van der Waals surface area contributed by atoms with Crippen molar-refractivity contribution in [1.82, 2.24) is 0 Å². The first-order valence-corrected chi connectivity index (χ1v) is 0. The molecule has 0 fully saturated rings. The van der Waals surface area contributed by atoms with E-state index < -0.39 is 0 Å². The summed E-state index contributed by atoms with van der Waals surface area (Å²) in [5, 5.41) is 0. The van der Waals surface area contributed by atoms with Gasteiger partial charge >= 0.3 is 26.2 Å². The first-order chi connectivity index (χ1) is 0. The van der Waals surface area contributed by atoms with Crippen LogP contribution in [0.4, 0.5) is 0 Å². The smallest absolute Gasteiger partial charge is 0.358 e. The van der Waals surface area contributed by atoms with Crippen LogP contribution < -0.4 is 0 Å². The quantitative estimate of drug-likeness (QED) is 0.367. The molecule has 32 valence electrons. The van der Waals surface area contributed by atoms with Crippen LogP contribution in [0.5, 0.6) is 0 Å². The average Bonchev–Trinajstić information content (AvgIpc) is 0. The van der Waals surface area contributed by atoms with Gasteiger partial charge in [-0.05, 0) is 0 Å². The zero-order chi connectivity index (χ0) is 0. The van der Waals surface area contributed by atoms with Crippen LogP contribution in [0.3, 0.4) is 0 Å². The first kappa shape index (κ1) is 180. The second kappa shape index (κ2) is 94.4. The summed E-state index contributed by atoms with van der Waals surface area (Å²) in [4.78, 5) is 0. The molecule has 0 aromatic rings. The molecule has 1 heteroatoms. The van der Waals surface area contributed by atoms with Gasteiger partial charge in [0.25, 0.3) is 0 Å². The van der Waals surface area contributed by atoms with E-state index in [0.29, 0.717) is 0 Å². The van der Waals surface area contributed by atoms with Crippen molar-refractivity contribution >= 4 is 0 Å². The largest absolute Gasteiger partial charge is 4.00 e. The van der Waals surface area contributed by atoms with Gasteiger partial charge in [-0.3, -0.25) is 0 Å². The molecular formula is C4H12Zr. The molecule has 0 atom stereocenters. The molecule has 0 aliphatic heterocycles. The Morgan fingerprint density at radius 1 is 0.400 bits per heavy atom. The Balaban J connectivity index is 0. The summed E-state index contributed by atoms with van der Waals surface area (Å²) in [7, 11) is 0. The Kier molecular flexibility index (Phi) is 3400. The monoisotopic (exact) mass is 151 g/mol. The van der Waals surface area contributed by atoms with E-state index >= 15 is 0 Å². The van der Waals surface area contributed by atoms with Gasteiger partial charge in [0, 0.05) is 0 Å². The number of hydrogen-bond donors (Lipinski definition) is 0. The fourth-order valence-electron chi connectivity index (χ4n) is 0. The van der Waals surface area contributed by atoms with Crippen molar-refractivity contribution in [3.05, 3.63) is 29.7 Å². The standard InChI is InChI=1S/4CH3.Zr/h4*1H3;/q4*-1;+4/i1+1;;;;. The number of hydrogen-bond acceptors (Lipinski definition) is 0. The Morgan fingerprint density at radius 2 is 0.400 bits per heavy atom. The summed E-state index contributed by atoms with van der Waals surface area (Å²) in [5.74, 6) is 0. The second-order valence-electron chi connectivity index (χ2n) is 0. The Hall–Kier alpha value is 0.883. The van der Waals surface area contributed by atoms with Crippen molar-refractivity contribution < 1.29 is 26.2 Å². The molecule has 0 saturated heterocycles. The molecule has 0 bridgehead atoms. The van der Waals surface area contributed by atoms with Crippen LogP contribution in [0.25, 0.3) is 0 Å². The predicted octanol–water partition coefficient (Wildman–Crippen LogP) is 1.80. The van der Waals surface area contributed by atoms with Crippen molar-refractivity contribution in [2.24, 2.45) is 0 Å². The van der Waals surface area contributed by atoms with E-state index in [-0.39, 0.29) is 55.9 Å². The van der Waals surface area contributed by atoms with Gasteiger partial charge in [-0.1, -0.05) is 0 Å². The molecule has 0 saturated carbocycles. The molecule has 0 radical (unpaired) electrons. The van der Waals surface area contributed by atoms with Gasteiger partial charge in [0.1, 0.15) is 0 Å². The van der Waals surface area contributed by atoms with Crippen LogP contribution in [-0.2, 0) is 26.2 Å². The molecule has 0 aromatic heterocycles. The fraction of sp³-hybridized carbons (Fsp3) is 0. The van der Waals surface area contributed by atoms with E-state index in [0.717, 1.165) is 0 Å². The molecule has 0 nitrogen and oxygen atoms in total. The first-order valence-electron chi connectivity index (χ1n) is 0. The van der Waals surface area contributed by atoms with E-state index in [4.69, 9.17) is 0 Å².